The number of hydrogen-bond donors (Lipinski definition) is 1. The van der Waals surface area contributed by atoms with Crippen LogP contribution in [0.25, 0.3) is 0 Å². The molecule has 8 heteroatoms. The first-order valence-corrected chi connectivity index (χ1v) is 8.13. The Morgan fingerprint density at radius 2 is 1.95 bits per heavy atom. The molecule has 1 aliphatic rings. The summed E-state index contributed by atoms with van der Waals surface area (Å²) >= 11 is 2.45. The monoisotopic (exact) mass is 311 g/mol. The van der Waals surface area contributed by atoms with E-state index in [0.717, 1.165) is 29.7 Å². The fourth-order valence-electron chi connectivity index (χ4n) is 2.00. The third-order valence-corrected chi connectivity index (χ3v) is 4.94. The quantitative estimate of drug-likeness (QED) is 0.822. The molecule has 108 valence electrons. The highest BCUT2D eigenvalue weighted by molar-refractivity contribution is 8.01. The van der Waals surface area contributed by atoms with Crippen LogP contribution in [0.2, 0.25) is 0 Å². The second kappa shape index (κ2) is 6.78. The van der Waals surface area contributed by atoms with Crippen molar-refractivity contribution >= 4 is 28.2 Å². The lowest BCUT2D eigenvalue weighted by Gasteiger charge is -2.21. The van der Waals surface area contributed by atoms with E-state index in [1.54, 1.807) is 0 Å². The average Bonchev–Trinajstić information content (AvgIpc) is 2.76. The van der Waals surface area contributed by atoms with Gasteiger partial charge in [0.15, 0.2) is 4.34 Å². The molecule has 0 aromatic carbocycles. The van der Waals surface area contributed by atoms with Crippen molar-refractivity contribution in [3.05, 3.63) is 0 Å². The number of rotatable bonds is 5. The first kappa shape index (κ1) is 14.9. The number of alkyl halides is 3. The number of nitrogens with zero attached hydrogens (tertiary/aromatic N) is 2. The minimum Gasteiger partial charge on any atom is -0.357 e. The second-order valence-electron chi connectivity index (χ2n) is 4.57. The van der Waals surface area contributed by atoms with E-state index in [-0.39, 0.29) is 5.75 Å². The SMILES string of the molecule is FC(F)(F)CCSc1nnc(NC2CCCCC2)s1. The van der Waals surface area contributed by atoms with Gasteiger partial charge in [-0.05, 0) is 12.8 Å². The lowest BCUT2D eigenvalue weighted by Crippen LogP contribution is -2.21. The molecule has 2 rings (SSSR count). The van der Waals surface area contributed by atoms with E-state index in [9.17, 15) is 13.2 Å². The molecule has 1 aromatic rings. The fraction of sp³-hybridized carbons (Fsp3) is 0.818. The Labute approximate surface area is 118 Å². The average molecular weight is 311 g/mol. The molecule has 0 atom stereocenters. The number of thioether (sulfide) groups is 1. The maximum atomic E-state index is 12.0. The van der Waals surface area contributed by atoms with Crippen LogP contribution in [0.4, 0.5) is 18.3 Å². The van der Waals surface area contributed by atoms with Crippen LogP contribution < -0.4 is 5.32 Å². The van der Waals surface area contributed by atoms with Crippen LogP contribution >= 0.6 is 23.1 Å². The van der Waals surface area contributed by atoms with E-state index < -0.39 is 12.6 Å². The summed E-state index contributed by atoms with van der Waals surface area (Å²) in [6.45, 7) is 0. The van der Waals surface area contributed by atoms with Gasteiger partial charge in [-0.2, -0.15) is 13.2 Å². The van der Waals surface area contributed by atoms with Crippen LogP contribution in [0.1, 0.15) is 38.5 Å². The number of hydrogen-bond acceptors (Lipinski definition) is 5. The molecule has 3 nitrogen and oxygen atoms in total. The Kier molecular flexibility index (Phi) is 5.32. The first-order valence-electron chi connectivity index (χ1n) is 6.32. The third kappa shape index (κ3) is 5.56. The van der Waals surface area contributed by atoms with Crippen molar-refractivity contribution in [2.45, 2.75) is 55.1 Å². The summed E-state index contributed by atoms with van der Waals surface area (Å²) in [5.74, 6) is 0.00155. The van der Waals surface area contributed by atoms with Gasteiger partial charge in [-0.1, -0.05) is 42.4 Å². The predicted molar refractivity (Wildman–Crippen MR) is 71.8 cm³/mol. The molecule has 0 unspecified atom stereocenters. The van der Waals surface area contributed by atoms with E-state index in [4.69, 9.17) is 0 Å². The van der Waals surface area contributed by atoms with E-state index in [2.05, 4.69) is 15.5 Å². The molecule has 1 saturated carbocycles. The van der Waals surface area contributed by atoms with Crippen molar-refractivity contribution in [2.24, 2.45) is 0 Å². The van der Waals surface area contributed by atoms with Gasteiger partial charge in [0, 0.05) is 11.8 Å². The number of aromatic nitrogens is 2. The molecule has 0 spiro atoms. The molecule has 0 amide bonds. The zero-order chi connectivity index (χ0) is 13.7. The number of nitrogens with one attached hydrogen (secondary N) is 1. The summed E-state index contributed by atoms with van der Waals surface area (Å²) in [6.07, 6.45) is 1.12. The first-order chi connectivity index (χ1) is 9.03. The largest absolute Gasteiger partial charge is 0.389 e. The lowest BCUT2D eigenvalue weighted by molar-refractivity contribution is -0.129. The minimum absolute atomic E-state index is 0.00155. The van der Waals surface area contributed by atoms with E-state index in [1.165, 1.54) is 30.6 Å². The summed E-state index contributed by atoms with van der Waals surface area (Å²) in [7, 11) is 0. The van der Waals surface area contributed by atoms with Crippen LogP contribution in [0.15, 0.2) is 4.34 Å². The summed E-state index contributed by atoms with van der Waals surface area (Å²) in [5, 5.41) is 11.9. The highest BCUT2D eigenvalue weighted by atomic mass is 32.2. The van der Waals surface area contributed by atoms with Crippen molar-refractivity contribution in [2.75, 3.05) is 11.1 Å². The van der Waals surface area contributed by atoms with Gasteiger partial charge in [0.05, 0.1) is 6.42 Å². The van der Waals surface area contributed by atoms with Crippen LogP contribution in [-0.4, -0.2) is 28.2 Å². The molecule has 1 fully saturated rings. The van der Waals surface area contributed by atoms with Gasteiger partial charge < -0.3 is 5.32 Å². The Bertz CT molecular complexity index is 389. The molecular weight excluding hydrogens is 295 g/mol. The number of anilines is 1. The van der Waals surface area contributed by atoms with Gasteiger partial charge in [0.1, 0.15) is 0 Å². The summed E-state index contributed by atoms with van der Waals surface area (Å²) < 4.78 is 36.6. The topological polar surface area (TPSA) is 37.8 Å². The van der Waals surface area contributed by atoms with Crippen LogP contribution in [0.5, 0.6) is 0 Å². The zero-order valence-electron chi connectivity index (χ0n) is 10.4. The fourth-order valence-corrected chi connectivity index (χ4v) is 3.89. The van der Waals surface area contributed by atoms with E-state index in [1.807, 2.05) is 0 Å². The summed E-state index contributed by atoms with van der Waals surface area (Å²) in [5.41, 5.74) is 0. The normalized spacial score (nSPS) is 17.6. The molecule has 1 heterocycles. The smallest absolute Gasteiger partial charge is 0.357 e. The molecule has 0 radical (unpaired) electrons. The Balaban J connectivity index is 1.75. The standard InChI is InChI=1S/C11H16F3N3S2/c12-11(13,14)6-7-18-10-17-16-9(19-10)15-8-4-2-1-3-5-8/h8H,1-7H2,(H,15,16). The van der Waals surface area contributed by atoms with Gasteiger partial charge in [-0.15, -0.1) is 10.2 Å². The Morgan fingerprint density at radius 3 is 2.63 bits per heavy atom. The maximum absolute atomic E-state index is 12.0. The second-order valence-corrected chi connectivity index (χ2v) is 6.89. The molecular formula is C11H16F3N3S2. The summed E-state index contributed by atoms with van der Waals surface area (Å²) in [6, 6.07) is 0.440. The molecule has 0 aliphatic heterocycles. The van der Waals surface area contributed by atoms with Crippen molar-refractivity contribution in [1.29, 1.82) is 0 Å². The highest BCUT2D eigenvalue weighted by Crippen LogP contribution is 2.30. The van der Waals surface area contributed by atoms with Gasteiger partial charge in [0.25, 0.3) is 0 Å². The summed E-state index contributed by atoms with van der Waals surface area (Å²) in [4.78, 5) is 0. The minimum atomic E-state index is -4.10. The third-order valence-electron chi connectivity index (χ3n) is 2.95. The predicted octanol–water partition coefficient (Wildman–Crippen LogP) is 4.33. The molecule has 0 bridgehead atoms. The van der Waals surface area contributed by atoms with E-state index in [0.29, 0.717) is 10.4 Å². The highest BCUT2D eigenvalue weighted by Gasteiger charge is 2.26. The van der Waals surface area contributed by atoms with Gasteiger partial charge in [-0.25, -0.2) is 0 Å². The van der Waals surface area contributed by atoms with Crippen LogP contribution in [-0.2, 0) is 0 Å². The van der Waals surface area contributed by atoms with Crippen LogP contribution in [0.3, 0.4) is 0 Å². The van der Waals surface area contributed by atoms with E-state index >= 15 is 0 Å². The molecule has 1 aliphatic carbocycles. The van der Waals surface area contributed by atoms with Crippen LogP contribution in [0, 0.1) is 0 Å². The van der Waals surface area contributed by atoms with Crippen molar-refractivity contribution in [3.8, 4) is 0 Å². The maximum Gasteiger partial charge on any atom is 0.389 e. The van der Waals surface area contributed by atoms with Crippen molar-refractivity contribution in [3.63, 3.8) is 0 Å². The zero-order valence-corrected chi connectivity index (χ0v) is 12.0. The molecule has 1 N–H and O–H groups in total. The number of halogens is 3. The van der Waals surface area contributed by atoms with Gasteiger partial charge in [-0.3, -0.25) is 0 Å². The van der Waals surface area contributed by atoms with Gasteiger partial charge >= 0.3 is 6.18 Å². The van der Waals surface area contributed by atoms with Crippen molar-refractivity contribution < 1.29 is 13.2 Å². The van der Waals surface area contributed by atoms with Crippen molar-refractivity contribution in [1.82, 2.24) is 10.2 Å². The molecule has 19 heavy (non-hydrogen) atoms. The van der Waals surface area contributed by atoms with Gasteiger partial charge in [0.2, 0.25) is 5.13 Å². The lowest BCUT2D eigenvalue weighted by atomic mass is 9.96. The Morgan fingerprint density at radius 1 is 1.21 bits per heavy atom. The Hall–Kier alpha value is -0.500. The molecule has 0 saturated heterocycles. The molecule has 1 aromatic heterocycles.